The molecule has 9 heteroatoms. The first kappa shape index (κ1) is 12.2. The quantitative estimate of drug-likeness (QED) is 0.423. The average Bonchev–Trinajstić information content (AvgIpc) is 1.99. The van der Waals surface area contributed by atoms with E-state index in [0.717, 1.165) is 0 Å². The molecule has 0 aliphatic rings. The lowest BCUT2D eigenvalue weighted by Crippen LogP contribution is -2.40. The maximum atomic E-state index is 12.3. The predicted molar refractivity (Wildman–Crippen MR) is 43.0 cm³/mol. The van der Waals surface area contributed by atoms with Gasteiger partial charge in [0, 0.05) is 11.8 Å². The van der Waals surface area contributed by atoms with Gasteiger partial charge >= 0.3 is 13.2 Å². The number of rotatable bonds is 1. The summed E-state index contributed by atoms with van der Waals surface area (Å²) < 4.78 is 73.4. The zero-order valence-corrected chi connectivity index (χ0v) is 7.58. The van der Waals surface area contributed by atoms with Crippen molar-refractivity contribution in [2.45, 2.75) is 6.18 Å². The molecule has 0 saturated heterocycles. The molecule has 0 aromatic carbocycles. The van der Waals surface area contributed by atoms with E-state index < -0.39 is 29.3 Å². The molecule has 1 aromatic rings. The van der Waals surface area contributed by atoms with Crippen molar-refractivity contribution in [3.05, 3.63) is 23.0 Å². The van der Waals surface area contributed by atoms with Crippen LogP contribution in [0.25, 0.3) is 0 Å². The first-order valence-corrected chi connectivity index (χ1v) is 3.93. The molecule has 84 valence electrons. The minimum atomic E-state index is -5.84. The van der Waals surface area contributed by atoms with E-state index in [4.69, 9.17) is 11.6 Å². The third-order valence-corrected chi connectivity index (χ3v) is 1.88. The Morgan fingerprint density at radius 2 is 1.73 bits per heavy atom. The van der Waals surface area contributed by atoms with Gasteiger partial charge in [0.2, 0.25) is 0 Å². The van der Waals surface area contributed by atoms with Gasteiger partial charge in [-0.1, -0.05) is 17.1 Å². The Bertz CT molecular complexity index is 373. The molecular formula is C6H2BClF6N-. The number of alkyl halides is 3. The lowest BCUT2D eigenvalue weighted by molar-refractivity contribution is -0.137. The second-order valence-corrected chi connectivity index (χ2v) is 2.99. The molecule has 0 bridgehead atoms. The predicted octanol–water partition coefficient (Wildman–Crippen LogP) is 2.81. The third-order valence-electron chi connectivity index (χ3n) is 1.57. The summed E-state index contributed by atoms with van der Waals surface area (Å²) in [6.07, 6.45) is -4.52. The number of halogens is 7. The molecule has 15 heavy (non-hydrogen) atoms. The summed E-state index contributed by atoms with van der Waals surface area (Å²) in [5, 5.41) is -1.18. The molecule has 1 nitrogen and oxygen atoms in total. The van der Waals surface area contributed by atoms with E-state index in [0.29, 0.717) is 6.20 Å². The number of pyridine rings is 1. The molecule has 1 heterocycles. The first-order chi connectivity index (χ1) is 6.64. The average molecular weight is 248 g/mol. The molecule has 0 radical (unpaired) electrons. The Morgan fingerprint density at radius 3 is 2.07 bits per heavy atom. The lowest BCUT2D eigenvalue weighted by Gasteiger charge is -2.21. The molecule has 0 atom stereocenters. The van der Waals surface area contributed by atoms with Gasteiger partial charge in [0.25, 0.3) is 0 Å². The Hall–Kier alpha value is -0.915. The normalized spacial score (nSPS) is 13.0. The van der Waals surface area contributed by atoms with Crippen LogP contribution in [-0.2, 0) is 6.18 Å². The molecule has 1 rings (SSSR count). The second kappa shape index (κ2) is 3.59. The molecule has 1 aromatic heterocycles. The van der Waals surface area contributed by atoms with Crippen molar-refractivity contribution in [2.75, 3.05) is 0 Å². The Kier molecular flexibility index (Phi) is 2.91. The van der Waals surface area contributed by atoms with Gasteiger partial charge in [-0.2, -0.15) is 13.2 Å². The smallest absolute Gasteiger partial charge is 0.445 e. The van der Waals surface area contributed by atoms with E-state index >= 15 is 0 Å². The van der Waals surface area contributed by atoms with Gasteiger partial charge < -0.3 is 12.9 Å². The minimum Gasteiger partial charge on any atom is -0.445 e. The maximum Gasteiger partial charge on any atom is 0.513 e. The standard InChI is InChI=1S/C6H2BClF6N/c8-5-4(7(12,13)14)3(1-2-15-5)6(9,10)11/h1-2H/q-1. The van der Waals surface area contributed by atoms with Gasteiger partial charge in [-0.25, -0.2) is 4.98 Å². The summed E-state index contributed by atoms with van der Waals surface area (Å²) in [6, 6.07) is 0.246. The molecule has 0 N–H and O–H groups in total. The van der Waals surface area contributed by atoms with Gasteiger partial charge in [-0.05, 0) is 6.07 Å². The van der Waals surface area contributed by atoms with Crippen molar-refractivity contribution in [1.29, 1.82) is 0 Å². The maximum absolute atomic E-state index is 12.3. The highest BCUT2D eigenvalue weighted by Crippen LogP contribution is 2.31. The highest BCUT2D eigenvalue weighted by atomic mass is 35.5. The monoisotopic (exact) mass is 248 g/mol. The Labute approximate surface area is 85.1 Å². The fourth-order valence-electron chi connectivity index (χ4n) is 1.01. The summed E-state index contributed by atoms with van der Waals surface area (Å²) in [5.74, 6) is 0. The molecule has 0 unspecified atom stereocenters. The number of hydrogen-bond acceptors (Lipinski definition) is 1. The topological polar surface area (TPSA) is 12.9 Å². The van der Waals surface area contributed by atoms with Crippen LogP contribution in [0.4, 0.5) is 26.1 Å². The van der Waals surface area contributed by atoms with E-state index in [-0.39, 0.29) is 6.07 Å². The van der Waals surface area contributed by atoms with Crippen LogP contribution in [0.2, 0.25) is 5.15 Å². The third kappa shape index (κ3) is 2.56. The molecular weight excluding hydrogens is 246 g/mol. The number of nitrogens with zero attached hydrogens (tertiary/aromatic N) is 1. The summed E-state index contributed by atoms with van der Waals surface area (Å²) in [6.45, 7) is -5.84. The van der Waals surface area contributed by atoms with Crippen LogP contribution in [0.3, 0.4) is 0 Å². The van der Waals surface area contributed by atoms with Crippen molar-refractivity contribution in [1.82, 2.24) is 4.98 Å². The van der Waals surface area contributed by atoms with Crippen LogP contribution in [-0.4, -0.2) is 12.0 Å². The van der Waals surface area contributed by atoms with Crippen molar-refractivity contribution in [2.24, 2.45) is 0 Å². The second-order valence-electron chi connectivity index (χ2n) is 2.64. The van der Waals surface area contributed by atoms with Crippen molar-refractivity contribution >= 4 is 24.0 Å². The molecule has 0 saturated carbocycles. The number of hydrogen-bond donors (Lipinski definition) is 0. The highest BCUT2D eigenvalue weighted by Gasteiger charge is 2.41. The van der Waals surface area contributed by atoms with Crippen LogP contribution >= 0.6 is 11.6 Å². The first-order valence-electron chi connectivity index (χ1n) is 3.55. The highest BCUT2D eigenvalue weighted by molar-refractivity contribution is 6.76. The van der Waals surface area contributed by atoms with E-state index in [1.807, 2.05) is 0 Å². The molecule has 0 amide bonds. The molecule has 0 aliphatic heterocycles. The molecule has 0 spiro atoms. The Balaban J connectivity index is 3.48. The van der Waals surface area contributed by atoms with Crippen LogP contribution in [0.15, 0.2) is 12.3 Å². The van der Waals surface area contributed by atoms with Gasteiger partial charge in [-0.3, -0.25) is 0 Å². The van der Waals surface area contributed by atoms with Crippen molar-refractivity contribution in [3.8, 4) is 0 Å². The zero-order chi connectivity index (χ0) is 11.9. The zero-order valence-electron chi connectivity index (χ0n) is 6.83. The minimum absolute atomic E-state index is 0.246. The van der Waals surface area contributed by atoms with Gasteiger partial charge in [0.1, 0.15) is 5.15 Å². The fourth-order valence-corrected chi connectivity index (χ4v) is 1.29. The van der Waals surface area contributed by atoms with E-state index in [2.05, 4.69) is 4.98 Å². The fraction of sp³-hybridized carbons (Fsp3) is 0.167. The summed E-state index contributed by atoms with van der Waals surface area (Å²) in [5.41, 5.74) is -3.71. The van der Waals surface area contributed by atoms with Crippen LogP contribution in [0, 0.1) is 0 Å². The van der Waals surface area contributed by atoms with Crippen LogP contribution in [0.1, 0.15) is 5.56 Å². The summed E-state index contributed by atoms with van der Waals surface area (Å²) in [7, 11) is 0. The largest absolute Gasteiger partial charge is 0.513 e. The number of aromatic nitrogens is 1. The van der Waals surface area contributed by atoms with Crippen molar-refractivity contribution < 1.29 is 26.1 Å². The van der Waals surface area contributed by atoms with Crippen LogP contribution < -0.4 is 5.46 Å². The van der Waals surface area contributed by atoms with Gasteiger partial charge in [0.05, 0.1) is 0 Å². The van der Waals surface area contributed by atoms with E-state index in [1.54, 1.807) is 0 Å². The molecule has 0 fully saturated rings. The SMILES string of the molecule is F[B-](F)(F)c1c(C(F)(F)F)ccnc1Cl. The summed E-state index contributed by atoms with van der Waals surface area (Å²) in [4.78, 5) is 2.98. The van der Waals surface area contributed by atoms with E-state index in [1.165, 1.54) is 0 Å². The van der Waals surface area contributed by atoms with Gasteiger partial charge in [0.15, 0.2) is 0 Å². The van der Waals surface area contributed by atoms with Crippen molar-refractivity contribution in [3.63, 3.8) is 0 Å². The molecule has 0 aliphatic carbocycles. The Morgan fingerprint density at radius 1 is 1.20 bits per heavy atom. The lowest BCUT2D eigenvalue weighted by atomic mass is 9.78. The van der Waals surface area contributed by atoms with Crippen LogP contribution in [0.5, 0.6) is 0 Å². The summed E-state index contributed by atoms with van der Waals surface area (Å²) >= 11 is 5.00. The van der Waals surface area contributed by atoms with E-state index in [9.17, 15) is 26.1 Å². The van der Waals surface area contributed by atoms with Gasteiger partial charge in [-0.15, -0.1) is 0 Å².